The van der Waals surface area contributed by atoms with Crippen molar-refractivity contribution in [1.82, 2.24) is 9.97 Å². The molecule has 0 aromatic carbocycles. The molecule has 0 aliphatic carbocycles. The van der Waals surface area contributed by atoms with Gasteiger partial charge in [-0.3, -0.25) is 0 Å². The van der Waals surface area contributed by atoms with Crippen LogP contribution in [0.25, 0.3) is 0 Å². The Morgan fingerprint density at radius 2 is 1.94 bits per heavy atom. The van der Waals surface area contributed by atoms with E-state index >= 15 is 0 Å². The number of hydrogen-bond donors (Lipinski definition) is 1. The van der Waals surface area contributed by atoms with Crippen molar-refractivity contribution in [1.29, 1.82) is 0 Å². The lowest BCUT2D eigenvalue weighted by atomic mass is 9.94. The summed E-state index contributed by atoms with van der Waals surface area (Å²) in [6.07, 6.45) is 7.95. The Hall–Kier alpha value is -1.00. The minimum atomic E-state index is 0.581. The molecule has 1 saturated heterocycles. The van der Waals surface area contributed by atoms with Crippen molar-refractivity contribution in [3.05, 3.63) is 23.8 Å². The Kier molecular flexibility index (Phi) is 4.25. The Morgan fingerprint density at radius 1 is 1.25 bits per heavy atom. The van der Waals surface area contributed by atoms with E-state index in [1.54, 1.807) is 0 Å². The Labute approximate surface area is 96.2 Å². The van der Waals surface area contributed by atoms with Crippen LogP contribution in [0.5, 0.6) is 0 Å². The molecular weight excluding hydrogens is 202 g/mol. The quantitative estimate of drug-likeness (QED) is 0.831. The van der Waals surface area contributed by atoms with Gasteiger partial charge in [-0.05, 0) is 37.3 Å². The third-order valence-corrected chi connectivity index (χ3v) is 3.02. The molecule has 1 aliphatic rings. The number of nitrogens with zero attached hydrogens (tertiary/aromatic N) is 2. The molecule has 0 saturated carbocycles. The zero-order chi connectivity index (χ0) is 11.2. The zero-order valence-electron chi connectivity index (χ0n) is 9.56. The normalized spacial score (nSPS) is 17.6. The van der Waals surface area contributed by atoms with Gasteiger partial charge in [0.15, 0.2) is 0 Å². The highest BCUT2D eigenvalue weighted by atomic mass is 16.5. The van der Waals surface area contributed by atoms with E-state index < -0.39 is 0 Å². The van der Waals surface area contributed by atoms with E-state index in [0.717, 1.165) is 44.7 Å². The second kappa shape index (κ2) is 5.92. The van der Waals surface area contributed by atoms with Gasteiger partial charge in [0, 0.05) is 32.0 Å². The number of aromatic nitrogens is 2. The smallest absolute Gasteiger partial charge is 0.128 e. The molecule has 1 aliphatic heterocycles. The Balaban J connectivity index is 1.95. The van der Waals surface area contributed by atoms with E-state index in [2.05, 4.69) is 9.97 Å². The lowest BCUT2D eigenvalue weighted by Crippen LogP contribution is -2.14. The van der Waals surface area contributed by atoms with Crippen LogP contribution >= 0.6 is 0 Å². The molecule has 1 aromatic rings. The average Bonchev–Trinajstić information content (AvgIpc) is 2.38. The molecule has 0 unspecified atom stereocenters. The van der Waals surface area contributed by atoms with Crippen LogP contribution in [0.3, 0.4) is 0 Å². The van der Waals surface area contributed by atoms with Gasteiger partial charge >= 0.3 is 0 Å². The van der Waals surface area contributed by atoms with Crippen LogP contribution in [0.1, 0.15) is 36.6 Å². The summed E-state index contributed by atoms with van der Waals surface area (Å²) >= 11 is 0. The van der Waals surface area contributed by atoms with E-state index in [0.29, 0.717) is 12.5 Å². The minimum Gasteiger partial charge on any atom is -0.381 e. The highest BCUT2D eigenvalue weighted by Gasteiger charge is 2.16. The molecule has 0 spiro atoms. The first-order chi connectivity index (χ1) is 7.90. The largest absolute Gasteiger partial charge is 0.381 e. The van der Waals surface area contributed by atoms with Gasteiger partial charge in [-0.25, -0.2) is 9.97 Å². The van der Waals surface area contributed by atoms with Crippen LogP contribution in [-0.4, -0.2) is 29.7 Å². The van der Waals surface area contributed by atoms with E-state index in [4.69, 9.17) is 10.5 Å². The van der Waals surface area contributed by atoms with Crippen molar-refractivity contribution in [3.63, 3.8) is 0 Å². The van der Waals surface area contributed by atoms with Gasteiger partial charge in [0.2, 0.25) is 0 Å². The molecule has 1 fully saturated rings. The minimum absolute atomic E-state index is 0.581. The van der Waals surface area contributed by atoms with Crippen molar-refractivity contribution in [3.8, 4) is 0 Å². The van der Waals surface area contributed by atoms with Gasteiger partial charge in [-0.15, -0.1) is 0 Å². The molecule has 1 aromatic heterocycles. The zero-order valence-corrected chi connectivity index (χ0v) is 9.56. The summed E-state index contributed by atoms with van der Waals surface area (Å²) in [5.74, 6) is 1.48. The van der Waals surface area contributed by atoms with Gasteiger partial charge in [-0.2, -0.15) is 0 Å². The van der Waals surface area contributed by atoms with Gasteiger partial charge in [0.1, 0.15) is 5.82 Å². The fourth-order valence-corrected chi connectivity index (χ4v) is 2.00. The summed E-state index contributed by atoms with van der Waals surface area (Å²) in [6, 6.07) is 0. The van der Waals surface area contributed by atoms with E-state index in [1.807, 2.05) is 12.4 Å². The molecule has 4 heteroatoms. The Morgan fingerprint density at radius 3 is 2.56 bits per heavy atom. The van der Waals surface area contributed by atoms with Crippen LogP contribution in [0.4, 0.5) is 0 Å². The molecule has 88 valence electrons. The van der Waals surface area contributed by atoms with Crippen molar-refractivity contribution in [2.75, 3.05) is 19.8 Å². The maximum atomic E-state index is 5.45. The molecule has 0 amide bonds. The lowest BCUT2D eigenvalue weighted by molar-refractivity contribution is 0.0852. The summed E-state index contributed by atoms with van der Waals surface area (Å²) in [5, 5.41) is 0. The molecular formula is C12H19N3O. The maximum Gasteiger partial charge on any atom is 0.128 e. The molecule has 0 radical (unpaired) electrons. The standard InChI is InChI=1S/C12H19N3O/c13-5-1-2-12-14-8-11(9-15-12)10-3-6-16-7-4-10/h8-10H,1-7,13H2. The summed E-state index contributed by atoms with van der Waals surface area (Å²) < 4.78 is 5.34. The van der Waals surface area contributed by atoms with Crippen LogP contribution in [0, 0.1) is 0 Å². The van der Waals surface area contributed by atoms with Crippen LogP contribution in [0.15, 0.2) is 12.4 Å². The fourth-order valence-electron chi connectivity index (χ4n) is 2.00. The van der Waals surface area contributed by atoms with E-state index in [1.165, 1.54) is 5.56 Å². The highest BCUT2D eigenvalue weighted by Crippen LogP contribution is 2.25. The molecule has 4 nitrogen and oxygen atoms in total. The second-order valence-corrected chi connectivity index (χ2v) is 4.21. The lowest BCUT2D eigenvalue weighted by Gasteiger charge is -2.21. The van der Waals surface area contributed by atoms with Crippen molar-refractivity contribution in [2.45, 2.75) is 31.6 Å². The predicted molar refractivity (Wildman–Crippen MR) is 62.2 cm³/mol. The maximum absolute atomic E-state index is 5.45. The number of rotatable bonds is 4. The number of aryl methyl sites for hydroxylation is 1. The number of hydrogen-bond acceptors (Lipinski definition) is 4. The summed E-state index contributed by atoms with van der Waals surface area (Å²) in [6.45, 7) is 2.42. The first kappa shape index (κ1) is 11.5. The third-order valence-electron chi connectivity index (χ3n) is 3.02. The molecule has 16 heavy (non-hydrogen) atoms. The molecule has 2 N–H and O–H groups in total. The number of ether oxygens (including phenoxy) is 1. The summed E-state index contributed by atoms with van der Waals surface area (Å²) in [5.41, 5.74) is 6.70. The first-order valence-electron chi connectivity index (χ1n) is 5.99. The van der Waals surface area contributed by atoms with Gasteiger partial charge in [0.05, 0.1) is 0 Å². The van der Waals surface area contributed by atoms with Crippen LogP contribution in [0.2, 0.25) is 0 Å². The van der Waals surface area contributed by atoms with E-state index in [-0.39, 0.29) is 0 Å². The van der Waals surface area contributed by atoms with Crippen molar-refractivity contribution >= 4 is 0 Å². The van der Waals surface area contributed by atoms with Gasteiger partial charge in [0.25, 0.3) is 0 Å². The van der Waals surface area contributed by atoms with Crippen LogP contribution < -0.4 is 5.73 Å². The topological polar surface area (TPSA) is 61.0 Å². The third kappa shape index (κ3) is 3.00. The van der Waals surface area contributed by atoms with Crippen molar-refractivity contribution < 1.29 is 4.74 Å². The van der Waals surface area contributed by atoms with Gasteiger partial charge in [-0.1, -0.05) is 0 Å². The van der Waals surface area contributed by atoms with E-state index in [9.17, 15) is 0 Å². The average molecular weight is 221 g/mol. The van der Waals surface area contributed by atoms with Crippen LogP contribution in [-0.2, 0) is 11.2 Å². The molecule has 2 rings (SSSR count). The summed E-state index contributed by atoms with van der Waals surface area (Å²) in [7, 11) is 0. The predicted octanol–water partition coefficient (Wildman–Crippen LogP) is 1.26. The first-order valence-corrected chi connectivity index (χ1v) is 5.99. The fraction of sp³-hybridized carbons (Fsp3) is 0.667. The monoisotopic (exact) mass is 221 g/mol. The summed E-state index contributed by atoms with van der Waals surface area (Å²) in [4.78, 5) is 8.77. The molecule has 0 atom stereocenters. The highest BCUT2D eigenvalue weighted by molar-refractivity contribution is 5.12. The second-order valence-electron chi connectivity index (χ2n) is 4.21. The van der Waals surface area contributed by atoms with Gasteiger partial charge < -0.3 is 10.5 Å². The Bertz CT molecular complexity index is 307. The SMILES string of the molecule is NCCCc1ncc(C2CCOCC2)cn1. The number of nitrogens with two attached hydrogens (primary N) is 1. The molecule has 2 heterocycles. The van der Waals surface area contributed by atoms with Crippen molar-refractivity contribution in [2.24, 2.45) is 5.73 Å². The molecule has 0 bridgehead atoms.